The van der Waals surface area contributed by atoms with Gasteiger partial charge in [-0.1, -0.05) is 50.2 Å². The smallest absolute Gasteiger partial charge is 0.210 e. The Morgan fingerprint density at radius 1 is 1.10 bits per heavy atom. The van der Waals surface area contributed by atoms with Crippen molar-refractivity contribution in [3.8, 4) is 0 Å². The number of benzene rings is 2. The molecule has 0 radical (unpaired) electrons. The van der Waals surface area contributed by atoms with Crippen molar-refractivity contribution in [2.24, 2.45) is 5.92 Å². The number of rotatable bonds is 6. The highest BCUT2D eigenvalue weighted by Gasteiger charge is 2.18. The van der Waals surface area contributed by atoms with Crippen molar-refractivity contribution in [3.63, 3.8) is 0 Å². The fourth-order valence-electron chi connectivity index (χ4n) is 2.30. The van der Waals surface area contributed by atoms with Crippen LogP contribution < -0.4 is 4.72 Å². The standard InChI is InChI=1S/C16H20ClNO2S/c1-12(2)10-14(17)11-18-21(19,20)16-9-5-7-13-6-3-4-8-15(13)16/h3-9,12,14,18H,10-11H2,1-2H3. The maximum absolute atomic E-state index is 12.5. The molecule has 0 saturated heterocycles. The Labute approximate surface area is 131 Å². The van der Waals surface area contributed by atoms with Crippen molar-refractivity contribution in [3.05, 3.63) is 42.5 Å². The molecule has 1 unspecified atom stereocenters. The first-order valence-corrected chi connectivity index (χ1v) is 8.93. The van der Waals surface area contributed by atoms with Gasteiger partial charge in [-0.2, -0.15) is 0 Å². The van der Waals surface area contributed by atoms with Crippen LogP contribution in [0.3, 0.4) is 0 Å². The van der Waals surface area contributed by atoms with Gasteiger partial charge in [0.2, 0.25) is 10.0 Å². The minimum absolute atomic E-state index is 0.199. The average molecular weight is 326 g/mol. The van der Waals surface area contributed by atoms with Gasteiger partial charge in [0, 0.05) is 17.3 Å². The third-order valence-corrected chi connectivity index (χ3v) is 5.08. The molecule has 5 heteroatoms. The lowest BCUT2D eigenvalue weighted by molar-refractivity contribution is 0.544. The van der Waals surface area contributed by atoms with Gasteiger partial charge in [-0.15, -0.1) is 11.6 Å². The maximum Gasteiger partial charge on any atom is 0.241 e. The van der Waals surface area contributed by atoms with Gasteiger partial charge in [0.15, 0.2) is 0 Å². The molecule has 2 aromatic rings. The topological polar surface area (TPSA) is 46.2 Å². The van der Waals surface area contributed by atoms with E-state index < -0.39 is 10.0 Å². The Balaban J connectivity index is 2.22. The lowest BCUT2D eigenvalue weighted by atomic mass is 10.1. The summed E-state index contributed by atoms with van der Waals surface area (Å²) in [6.45, 7) is 4.37. The molecule has 0 aromatic heterocycles. The lowest BCUT2D eigenvalue weighted by Gasteiger charge is -2.14. The number of halogens is 1. The Hall–Kier alpha value is -1.10. The van der Waals surface area contributed by atoms with Crippen LogP contribution in [0.2, 0.25) is 0 Å². The highest BCUT2D eigenvalue weighted by atomic mass is 35.5. The molecular formula is C16H20ClNO2S. The third kappa shape index (κ3) is 4.19. The second-order valence-electron chi connectivity index (χ2n) is 5.56. The van der Waals surface area contributed by atoms with E-state index in [1.807, 2.05) is 30.3 Å². The van der Waals surface area contributed by atoms with Crippen LogP contribution in [0.15, 0.2) is 47.4 Å². The summed E-state index contributed by atoms with van der Waals surface area (Å²) in [5, 5.41) is 1.43. The second-order valence-corrected chi connectivity index (χ2v) is 7.91. The largest absolute Gasteiger partial charge is 0.241 e. The fraction of sp³-hybridized carbons (Fsp3) is 0.375. The summed E-state index contributed by atoms with van der Waals surface area (Å²) in [4.78, 5) is 0.300. The van der Waals surface area contributed by atoms with E-state index >= 15 is 0 Å². The number of hydrogen-bond acceptors (Lipinski definition) is 2. The molecule has 21 heavy (non-hydrogen) atoms. The first-order chi connectivity index (χ1) is 9.90. The number of nitrogens with one attached hydrogen (secondary N) is 1. The van der Waals surface area contributed by atoms with E-state index in [9.17, 15) is 8.42 Å². The number of hydrogen-bond donors (Lipinski definition) is 1. The van der Waals surface area contributed by atoms with Crippen LogP contribution in [-0.4, -0.2) is 20.3 Å². The number of sulfonamides is 1. The molecule has 0 bridgehead atoms. The molecule has 1 atom stereocenters. The van der Waals surface area contributed by atoms with Gasteiger partial charge in [0.1, 0.15) is 0 Å². The SMILES string of the molecule is CC(C)CC(Cl)CNS(=O)(=O)c1cccc2ccccc12. The quantitative estimate of drug-likeness (QED) is 0.822. The molecule has 0 aliphatic rings. The van der Waals surface area contributed by atoms with E-state index in [0.29, 0.717) is 10.8 Å². The zero-order chi connectivity index (χ0) is 15.5. The molecule has 0 fully saturated rings. The lowest BCUT2D eigenvalue weighted by Crippen LogP contribution is -2.30. The van der Waals surface area contributed by atoms with E-state index in [1.54, 1.807) is 12.1 Å². The molecule has 0 saturated carbocycles. The van der Waals surface area contributed by atoms with Crippen LogP contribution in [0, 0.1) is 5.92 Å². The Bertz CT molecular complexity index is 708. The van der Waals surface area contributed by atoms with Crippen molar-refractivity contribution in [2.75, 3.05) is 6.54 Å². The summed E-state index contributed by atoms with van der Waals surface area (Å²) in [7, 11) is -3.55. The van der Waals surface area contributed by atoms with Crippen molar-refractivity contribution >= 4 is 32.4 Å². The first kappa shape index (κ1) is 16.3. The Morgan fingerprint density at radius 3 is 2.48 bits per heavy atom. The van der Waals surface area contributed by atoms with Crippen molar-refractivity contribution in [1.82, 2.24) is 4.72 Å². The molecular weight excluding hydrogens is 306 g/mol. The van der Waals surface area contributed by atoms with Gasteiger partial charge in [-0.05, 0) is 23.8 Å². The van der Waals surface area contributed by atoms with Gasteiger partial charge in [-0.25, -0.2) is 13.1 Å². The summed E-state index contributed by atoms with van der Waals surface area (Å²) in [5.74, 6) is 0.439. The van der Waals surface area contributed by atoms with E-state index in [4.69, 9.17) is 11.6 Å². The highest BCUT2D eigenvalue weighted by Crippen LogP contribution is 2.22. The van der Waals surface area contributed by atoms with E-state index in [2.05, 4.69) is 18.6 Å². The molecule has 0 aliphatic carbocycles. The highest BCUT2D eigenvalue weighted by molar-refractivity contribution is 7.89. The molecule has 0 amide bonds. The van der Waals surface area contributed by atoms with Crippen molar-refractivity contribution in [2.45, 2.75) is 30.5 Å². The number of fused-ring (bicyclic) bond motifs is 1. The zero-order valence-corrected chi connectivity index (χ0v) is 13.8. The molecule has 2 rings (SSSR count). The van der Waals surface area contributed by atoms with Crippen LogP contribution in [0.25, 0.3) is 10.8 Å². The van der Waals surface area contributed by atoms with E-state index in [-0.39, 0.29) is 11.9 Å². The molecule has 0 heterocycles. The fourth-order valence-corrected chi connectivity index (χ4v) is 4.14. The van der Waals surface area contributed by atoms with Gasteiger partial charge >= 0.3 is 0 Å². The van der Waals surface area contributed by atoms with Gasteiger partial charge in [0.05, 0.1) is 4.90 Å². The number of alkyl halides is 1. The van der Waals surface area contributed by atoms with Crippen molar-refractivity contribution < 1.29 is 8.42 Å². The van der Waals surface area contributed by atoms with Crippen LogP contribution in [0.1, 0.15) is 20.3 Å². The van der Waals surface area contributed by atoms with E-state index in [0.717, 1.165) is 17.2 Å². The van der Waals surface area contributed by atoms with Gasteiger partial charge in [-0.3, -0.25) is 0 Å². The van der Waals surface area contributed by atoms with Gasteiger partial charge in [0.25, 0.3) is 0 Å². The van der Waals surface area contributed by atoms with Crippen molar-refractivity contribution in [1.29, 1.82) is 0 Å². The average Bonchev–Trinajstić information content (AvgIpc) is 2.44. The van der Waals surface area contributed by atoms with Crippen LogP contribution in [-0.2, 0) is 10.0 Å². The maximum atomic E-state index is 12.5. The Kier molecular flexibility index (Phi) is 5.25. The van der Waals surface area contributed by atoms with Crippen LogP contribution in [0.4, 0.5) is 0 Å². The van der Waals surface area contributed by atoms with Gasteiger partial charge < -0.3 is 0 Å². The molecule has 3 nitrogen and oxygen atoms in total. The molecule has 114 valence electrons. The monoisotopic (exact) mass is 325 g/mol. The summed E-state index contributed by atoms with van der Waals surface area (Å²) in [6, 6.07) is 12.7. The third-order valence-electron chi connectivity index (χ3n) is 3.26. The minimum atomic E-state index is -3.55. The van der Waals surface area contributed by atoms with E-state index in [1.165, 1.54) is 0 Å². The first-order valence-electron chi connectivity index (χ1n) is 7.01. The molecule has 0 aliphatic heterocycles. The summed E-state index contributed by atoms with van der Waals surface area (Å²) in [5.41, 5.74) is 0. The Morgan fingerprint density at radius 2 is 1.76 bits per heavy atom. The zero-order valence-electron chi connectivity index (χ0n) is 12.2. The molecule has 2 aromatic carbocycles. The normalized spacial score (nSPS) is 13.7. The molecule has 1 N–H and O–H groups in total. The summed E-state index contributed by atoms with van der Waals surface area (Å²) >= 11 is 6.16. The minimum Gasteiger partial charge on any atom is -0.210 e. The molecule has 0 spiro atoms. The summed E-state index contributed by atoms with van der Waals surface area (Å²) in [6.07, 6.45) is 0.777. The summed E-state index contributed by atoms with van der Waals surface area (Å²) < 4.78 is 27.5. The van der Waals surface area contributed by atoms with Crippen LogP contribution >= 0.6 is 11.6 Å². The second kappa shape index (κ2) is 6.77. The predicted octanol–water partition coefficient (Wildman–Crippen LogP) is 3.77. The van der Waals surface area contributed by atoms with Crippen LogP contribution in [0.5, 0.6) is 0 Å². The predicted molar refractivity (Wildman–Crippen MR) is 88.2 cm³/mol.